The van der Waals surface area contributed by atoms with Crippen molar-refractivity contribution in [3.8, 4) is 0 Å². The van der Waals surface area contributed by atoms with Crippen molar-refractivity contribution >= 4 is 17.4 Å². The normalized spacial score (nSPS) is 24.3. The van der Waals surface area contributed by atoms with Gasteiger partial charge in [-0.25, -0.2) is 4.98 Å². The molecule has 1 fully saturated rings. The number of rotatable bonds is 2. The first-order valence-electron chi connectivity index (χ1n) is 6.30. The predicted molar refractivity (Wildman–Crippen MR) is 69.5 cm³/mol. The average molecular weight is 293 g/mol. The van der Waals surface area contributed by atoms with E-state index in [-0.39, 0.29) is 11.4 Å². The van der Waals surface area contributed by atoms with Crippen molar-refractivity contribution in [2.45, 2.75) is 43.3 Å². The number of halogens is 4. The molecule has 1 aliphatic carbocycles. The lowest BCUT2D eigenvalue weighted by molar-refractivity contribution is -0.137. The zero-order valence-corrected chi connectivity index (χ0v) is 11.4. The molecule has 0 bridgehead atoms. The summed E-state index contributed by atoms with van der Waals surface area (Å²) in [5, 5.41) is 0.0304. The number of aromatic nitrogens is 1. The summed E-state index contributed by atoms with van der Waals surface area (Å²) in [7, 11) is 1.83. The van der Waals surface area contributed by atoms with Crippen molar-refractivity contribution in [3.05, 3.63) is 23.9 Å². The van der Waals surface area contributed by atoms with Gasteiger partial charge in [0.05, 0.1) is 10.9 Å². The van der Waals surface area contributed by atoms with Gasteiger partial charge in [0.2, 0.25) is 0 Å². The molecule has 1 heterocycles. The summed E-state index contributed by atoms with van der Waals surface area (Å²) in [6, 6.07) is 2.60. The van der Waals surface area contributed by atoms with Gasteiger partial charge in [0.15, 0.2) is 0 Å². The molecule has 0 amide bonds. The standard InChI is InChI=1S/C13H16ClF3N2/c1-19(11-5-3-2-4-10(11)14)12-7-6-9(8-18-12)13(15,16)17/h6-8,10-11H,2-5H2,1H3. The lowest BCUT2D eigenvalue weighted by atomic mass is 9.94. The first-order valence-corrected chi connectivity index (χ1v) is 6.73. The van der Waals surface area contributed by atoms with Gasteiger partial charge in [0, 0.05) is 19.3 Å². The highest BCUT2D eigenvalue weighted by molar-refractivity contribution is 6.21. The molecule has 0 N–H and O–H groups in total. The minimum absolute atomic E-state index is 0.0304. The minimum Gasteiger partial charge on any atom is -0.355 e. The second-order valence-electron chi connectivity index (χ2n) is 4.88. The minimum atomic E-state index is -4.34. The van der Waals surface area contributed by atoms with Crippen molar-refractivity contribution < 1.29 is 13.2 Å². The SMILES string of the molecule is CN(c1ccc(C(F)(F)F)cn1)C1CCCCC1Cl. The molecular weight excluding hydrogens is 277 g/mol. The van der Waals surface area contributed by atoms with Gasteiger partial charge in [-0.15, -0.1) is 11.6 Å². The lowest BCUT2D eigenvalue weighted by Gasteiger charge is -2.35. The van der Waals surface area contributed by atoms with Crippen LogP contribution < -0.4 is 4.90 Å². The molecule has 2 nitrogen and oxygen atoms in total. The maximum Gasteiger partial charge on any atom is 0.417 e. The predicted octanol–water partition coefficient (Wildman–Crippen LogP) is 4.09. The average Bonchev–Trinajstić information content (AvgIpc) is 2.38. The van der Waals surface area contributed by atoms with Crippen LogP contribution in [0.3, 0.4) is 0 Å². The van der Waals surface area contributed by atoms with Crippen LogP contribution >= 0.6 is 11.6 Å². The molecule has 106 valence electrons. The Kier molecular flexibility index (Phi) is 4.23. The molecule has 1 aliphatic rings. The van der Waals surface area contributed by atoms with E-state index in [1.165, 1.54) is 6.07 Å². The molecule has 2 rings (SSSR count). The molecule has 0 aliphatic heterocycles. The van der Waals surface area contributed by atoms with Crippen LogP contribution in [0.5, 0.6) is 0 Å². The van der Waals surface area contributed by atoms with Gasteiger partial charge in [-0.05, 0) is 25.0 Å². The third-order valence-electron chi connectivity index (χ3n) is 3.58. The maximum atomic E-state index is 12.5. The molecule has 2 atom stereocenters. The van der Waals surface area contributed by atoms with Gasteiger partial charge < -0.3 is 4.90 Å². The first-order chi connectivity index (χ1) is 8.89. The molecule has 19 heavy (non-hydrogen) atoms. The first kappa shape index (κ1) is 14.4. The Hall–Kier alpha value is -0.970. The quantitative estimate of drug-likeness (QED) is 0.763. The number of anilines is 1. The maximum absolute atomic E-state index is 12.5. The summed E-state index contributed by atoms with van der Waals surface area (Å²) in [6.45, 7) is 0. The Morgan fingerprint density at radius 2 is 1.95 bits per heavy atom. The van der Waals surface area contributed by atoms with Gasteiger partial charge in [-0.2, -0.15) is 13.2 Å². The topological polar surface area (TPSA) is 16.1 Å². The largest absolute Gasteiger partial charge is 0.417 e. The van der Waals surface area contributed by atoms with Crippen molar-refractivity contribution in [2.24, 2.45) is 0 Å². The molecule has 0 aromatic carbocycles. The molecule has 6 heteroatoms. The van der Waals surface area contributed by atoms with Crippen LogP contribution in [0.15, 0.2) is 18.3 Å². The van der Waals surface area contributed by atoms with E-state index in [0.717, 1.165) is 37.9 Å². The highest BCUT2D eigenvalue weighted by Gasteiger charge is 2.32. The Morgan fingerprint density at radius 1 is 1.26 bits per heavy atom. The highest BCUT2D eigenvalue weighted by Crippen LogP contribution is 2.31. The van der Waals surface area contributed by atoms with Gasteiger partial charge in [-0.1, -0.05) is 12.8 Å². The smallest absolute Gasteiger partial charge is 0.355 e. The Labute approximate surface area is 115 Å². The number of nitrogens with zero attached hydrogens (tertiary/aromatic N) is 2. The third kappa shape index (κ3) is 3.32. The Bertz CT molecular complexity index is 419. The van der Waals surface area contributed by atoms with Crippen LogP contribution in [-0.2, 0) is 6.18 Å². The Balaban J connectivity index is 2.13. The fourth-order valence-electron chi connectivity index (χ4n) is 2.43. The number of hydrogen-bond acceptors (Lipinski definition) is 2. The number of alkyl halides is 4. The second kappa shape index (κ2) is 5.57. The van der Waals surface area contributed by atoms with Crippen LogP contribution in [0.25, 0.3) is 0 Å². The van der Waals surface area contributed by atoms with E-state index in [9.17, 15) is 13.2 Å². The molecule has 0 radical (unpaired) electrons. The highest BCUT2D eigenvalue weighted by atomic mass is 35.5. The third-order valence-corrected chi connectivity index (χ3v) is 4.09. The molecule has 1 aromatic rings. The number of pyridine rings is 1. The summed E-state index contributed by atoms with van der Waals surface area (Å²) in [5.41, 5.74) is -0.726. The summed E-state index contributed by atoms with van der Waals surface area (Å²) in [6.07, 6.45) is 0.629. The van der Waals surface area contributed by atoms with Gasteiger partial charge >= 0.3 is 6.18 Å². The summed E-state index contributed by atoms with van der Waals surface area (Å²) in [5.74, 6) is 0.533. The van der Waals surface area contributed by atoms with Gasteiger partial charge in [-0.3, -0.25) is 0 Å². The summed E-state index contributed by atoms with van der Waals surface area (Å²) < 4.78 is 37.4. The van der Waals surface area contributed by atoms with Crippen molar-refractivity contribution in [1.82, 2.24) is 4.98 Å². The Morgan fingerprint density at radius 3 is 2.47 bits per heavy atom. The summed E-state index contributed by atoms with van der Waals surface area (Å²) >= 11 is 6.28. The van der Waals surface area contributed by atoms with E-state index in [4.69, 9.17) is 11.6 Å². The van der Waals surface area contributed by atoms with Crippen LogP contribution in [-0.4, -0.2) is 23.5 Å². The van der Waals surface area contributed by atoms with Crippen LogP contribution in [0.1, 0.15) is 31.2 Å². The van der Waals surface area contributed by atoms with E-state index in [2.05, 4.69) is 4.98 Å². The molecule has 2 unspecified atom stereocenters. The molecule has 0 spiro atoms. The van der Waals surface area contributed by atoms with Crippen molar-refractivity contribution in [1.29, 1.82) is 0 Å². The van der Waals surface area contributed by atoms with Crippen LogP contribution in [0.4, 0.5) is 19.0 Å². The summed E-state index contributed by atoms with van der Waals surface area (Å²) in [4.78, 5) is 5.79. The zero-order chi connectivity index (χ0) is 14.0. The molecule has 1 aromatic heterocycles. The van der Waals surface area contributed by atoms with E-state index in [1.54, 1.807) is 0 Å². The van der Waals surface area contributed by atoms with E-state index in [1.807, 2.05) is 11.9 Å². The fraction of sp³-hybridized carbons (Fsp3) is 0.615. The monoisotopic (exact) mass is 292 g/mol. The van der Waals surface area contributed by atoms with Crippen LogP contribution in [0.2, 0.25) is 0 Å². The van der Waals surface area contributed by atoms with Crippen molar-refractivity contribution in [2.75, 3.05) is 11.9 Å². The number of hydrogen-bond donors (Lipinski definition) is 0. The van der Waals surface area contributed by atoms with E-state index < -0.39 is 11.7 Å². The second-order valence-corrected chi connectivity index (χ2v) is 5.44. The molecule has 0 saturated heterocycles. The van der Waals surface area contributed by atoms with Gasteiger partial charge in [0.1, 0.15) is 5.82 Å². The molecular formula is C13H16ClF3N2. The lowest BCUT2D eigenvalue weighted by Crippen LogP contribution is -2.41. The zero-order valence-electron chi connectivity index (χ0n) is 10.6. The van der Waals surface area contributed by atoms with Crippen molar-refractivity contribution in [3.63, 3.8) is 0 Å². The molecule has 1 saturated carbocycles. The van der Waals surface area contributed by atoms with Crippen LogP contribution in [0, 0.1) is 0 Å². The van der Waals surface area contributed by atoms with E-state index in [0.29, 0.717) is 5.82 Å². The van der Waals surface area contributed by atoms with Gasteiger partial charge in [0.25, 0.3) is 0 Å². The fourth-order valence-corrected chi connectivity index (χ4v) is 2.88. The van der Waals surface area contributed by atoms with E-state index >= 15 is 0 Å².